The largest absolute Gasteiger partial charge is 0.301 e. The first-order valence-electron chi connectivity index (χ1n) is 9.43. The highest BCUT2D eigenvalue weighted by atomic mass is 32.2. The lowest BCUT2D eigenvalue weighted by atomic mass is 10.1. The molecule has 0 fully saturated rings. The zero-order chi connectivity index (χ0) is 21.4. The maximum atomic E-state index is 12.7. The van der Waals surface area contributed by atoms with Crippen molar-refractivity contribution in [1.82, 2.24) is 15.0 Å². The SMILES string of the molecule is Cc1ccc2sc(NC(=O)CSc3nc4scc(-c5ccccc5)c4c(=O)[nH]3)nc2c1. The van der Waals surface area contributed by atoms with Gasteiger partial charge in [-0.05, 0) is 30.2 Å². The summed E-state index contributed by atoms with van der Waals surface area (Å²) in [6, 6.07) is 15.8. The molecule has 31 heavy (non-hydrogen) atoms. The molecule has 6 nitrogen and oxygen atoms in total. The Bertz CT molecular complexity index is 1470. The van der Waals surface area contributed by atoms with Crippen molar-refractivity contribution in [1.29, 1.82) is 0 Å². The summed E-state index contributed by atoms with van der Waals surface area (Å²) in [6.45, 7) is 2.01. The molecule has 0 unspecified atom stereocenters. The Morgan fingerprint density at radius 3 is 2.84 bits per heavy atom. The highest BCUT2D eigenvalue weighted by molar-refractivity contribution is 7.99. The fourth-order valence-electron chi connectivity index (χ4n) is 3.21. The van der Waals surface area contributed by atoms with Crippen LogP contribution in [0.3, 0.4) is 0 Å². The number of aryl methyl sites for hydroxylation is 1. The molecule has 5 aromatic rings. The van der Waals surface area contributed by atoms with Crippen LogP contribution in [0, 0.1) is 6.92 Å². The number of H-pyrrole nitrogens is 1. The van der Waals surface area contributed by atoms with Gasteiger partial charge in [0.2, 0.25) is 5.91 Å². The molecule has 1 amide bonds. The summed E-state index contributed by atoms with van der Waals surface area (Å²) in [7, 11) is 0. The molecular formula is C22H16N4O2S3. The van der Waals surface area contributed by atoms with Gasteiger partial charge in [0.1, 0.15) is 4.83 Å². The number of fused-ring (bicyclic) bond motifs is 2. The third-order valence-electron chi connectivity index (χ3n) is 4.64. The van der Waals surface area contributed by atoms with Gasteiger partial charge in [-0.15, -0.1) is 11.3 Å². The first-order chi connectivity index (χ1) is 15.1. The number of amides is 1. The summed E-state index contributed by atoms with van der Waals surface area (Å²) in [5.74, 6) is -0.0694. The lowest BCUT2D eigenvalue weighted by Gasteiger charge is -2.03. The van der Waals surface area contributed by atoms with Gasteiger partial charge in [0.25, 0.3) is 5.56 Å². The van der Waals surface area contributed by atoms with E-state index in [-0.39, 0.29) is 17.2 Å². The van der Waals surface area contributed by atoms with E-state index in [1.165, 1.54) is 34.4 Å². The first-order valence-corrected chi connectivity index (χ1v) is 12.1. The third kappa shape index (κ3) is 4.12. The standard InChI is InChI=1S/C22H16N4O2S3/c1-12-7-8-16-15(9-12)23-22(31-16)24-17(27)11-30-21-25-19(28)18-14(10-29-20(18)26-21)13-5-3-2-4-6-13/h2-10H,11H2,1H3,(H,23,24,27)(H,25,26,28). The molecule has 5 rings (SSSR count). The minimum Gasteiger partial charge on any atom is -0.301 e. The number of thioether (sulfide) groups is 1. The number of rotatable bonds is 5. The Kier molecular flexibility index (Phi) is 5.31. The van der Waals surface area contributed by atoms with Gasteiger partial charge in [0.05, 0.1) is 21.4 Å². The molecule has 9 heteroatoms. The van der Waals surface area contributed by atoms with Crippen molar-refractivity contribution in [2.45, 2.75) is 12.1 Å². The van der Waals surface area contributed by atoms with Crippen LogP contribution < -0.4 is 10.9 Å². The zero-order valence-corrected chi connectivity index (χ0v) is 18.8. The summed E-state index contributed by atoms with van der Waals surface area (Å²) in [6.07, 6.45) is 0. The topological polar surface area (TPSA) is 87.7 Å². The van der Waals surface area contributed by atoms with Crippen LogP contribution in [-0.4, -0.2) is 26.6 Å². The number of hydrogen-bond acceptors (Lipinski definition) is 7. The van der Waals surface area contributed by atoms with Crippen LogP contribution in [0.1, 0.15) is 5.56 Å². The van der Waals surface area contributed by atoms with E-state index in [4.69, 9.17) is 0 Å². The second kappa shape index (κ2) is 8.26. The van der Waals surface area contributed by atoms with Gasteiger partial charge < -0.3 is 10.3 Å². The normalized spacial score (nSPS) is 11.3. The molecule has 0 bridgehead atoms. The van der Waals surface area contributed by atoms with Crippen molar-refractivity contribution in [2.24, 2.45) is 0 Å². The zero-order valence-electron chi connectivity index (χ0n) is 16.3. The summed E-state index contributed by atoms with van der Waals surface area (Å²) < 4.78 is 1.02. The van der Waals surface area contributed by atoms with Crippen molar-refractivity contribution in [3.8, 4) is 11.1 Å². The number of thiophene rings is 1. The van der Waals surface area contributed by atoms with E-state index in [0.717, 1.165) is 26.9 Å². The number of nitrogens with one attached hydrogen (secondary N) is 2. The van der Waals surface area contributed by atoms with Crippen LogP contribution in [0.2, 0.25) is 0 Å². The average molecular weight is 465 g/mol. The van der Waals surface area contributed by atoms with Gasteiger partial charge in [0.15, 0.2) is 10.3 Å². The van der Waals surface area contributed by atoms with Gasteiger partial charge in [-0.25, -0.2) is 9.97 Å². The predicted molar refractivity (Wildman–Crippen MR) is 129 cm³/mol. The van der Waals surface area contributed by atoms with E-state index in [1.807, 2.05) is 60.8 Å². The molecule has 0 aliphatic heterocycles. The van der Waals surface area contributed by atoms with Crippen LogP contribution in [-0.2, 0) is 4.79 Å². The molecule has 0 spiro atoms. The summed E-state index contributed by atoms with van der Waals surface area (Å²) in [4.78, 5) is 37.6. The Morgan fingerprint density at radius 1 is 1.16 bits per heavy atom. The van der Waals surface area contributed by atoms with Crippen molar-refractivity contribution in [2.75, 3.05) is 11.1 Å². The molecule has 2 aromatic carbocycles. The molecule has 0 saturated heterocycles. The maximum absolute atomic E-state index is 12.7. The van der Waals surface area contributed by atoms with Gasteiger partial charge in [-0.1, -0.05) is 59.5 Å². The van der Waals surface area contributed by atoms with E-state index in [2.05, 4.69) is 20.3 Å². The maximum Gasteiger partial charge on any atom is 0.260 e. The van der Waals surface area contributed by atoms with E-state index in [9.17, 15) is 9.59 Å². The van der Waals surface area contributed by atoms with Crippen LogP contribution in [0.4, 0.5) is 5.13 Å². The number of hydrogen-bond donors (Lipinski definition) is 2. The predicted octanol–water partition coefficient (Wildman–Crippen LogP) is 5.30. The van der Waals surface area contributed by atoms with Crippen LogP contribution in [0.25, 0.3) is 31.6 Å². The molecule has 0 atom stereocenters. The lowest BCUT2D eigenvalue weighted by Crippen LogP contribution is -2.15. The first kappa shape index (κ1) is 19.9. The highest BCUT2D eigenvalue weighted by Gasteiger charge is 2.14. The highest BCUT2D eigenvalue weighted by Crippen LogP contribution is 2.31. The Balaban J connectivity index is 1.31. The summed E-state index contributed by atoms with van der Waals surface area (Å²) >= 11 is 4.06. The van der Waals surface area contributed by atoms with E-state index in [1.54, 1.807) is 0 Å². The van der Waals surface area contributed by atoms with Crippen LogP contribution >= 0.6 is 34.4 Å². The number of benzene rings is 2. The fourth-order valence-corrected chi connectivity index (χ4v) is 5.74. The van der Waals surface area contributed by atoms with E-state index < -0.39 is 0 Å². The molecule has 154 valence electrons. The number of aromatic nitrogens is 3. The number of anilines is 1. The van der Waals surface area contributed by atoms with Gasteiger partial charge >= 0.3 is 0 Å². The Hall–Kier alpha value is -3.01. The summed E-state index contributed by atoms with van der Waals surface area (Å²) in [5, 5.41) is 6.34. The second-order valence-electron chi connectivity index (χ2n) is 6.89. The quantitative estimate of drug-likeness (QED) is 0.272. The average Bonchev–Trinajstić information content (AvgIpc) is 3.36. The molecule has 0 radical (unpaired) electrons. The van der Waals surface area contributed by atoms with Crippen molar-refractivity contribution in [3.05, 3.63) is 69.8 Å². The fraction of sp³-hybridized carbons (Fsp3) is 0.0909. The summed E-state index contributed by atoms with van der Waals surface area (Å²) in [5.41, 5.74) is 3.65. The number of carbonyl (C=O) groups excluding carboxylic acids is 1. The van der Waals surface area contributed by atoms with Crippen LogP contribution in [0.15, 0.2) is 63.9 Å². The molecular weight excluding hydrogens is 448 g/mol. The molecule has 0 aliphatic carbocycles. The van der Waals surface area contributed by atoms with E-state index in [0.29, 0.717) is 20.5 Å². The monoisotopic (exact) mass is 464 g/mol. The lowest BCUT2D eigenvalue weighted by molar-refractivity contribution is -0.113. The minimum absolute atomic E-state index is 0.125. The number of nitrogens with zero attached hydrogens (tertiary/aromatic N) is 2. The number of carbonyl (C=O) groups is 1. The third-order valence-corrected chi connectivity index (χ3v) is 7.33. The molecule has 0 aliphatic rings. The van der Waals surface area contributed by atoms with Gasteiger partial charge in [-0.3, -0.25) is 9.59 Å². The van der Waals surface area contributed by atoms with Crippen molar-refractivity contribution in [3.63, 3.8) is 0 Å². The molecule has 3 heterocycles. The van der Waals surface area contributed by atoms with Crippen molar-refractivity contribution >= 4 is 65.9 Å². The van der Waals surface area contributed by atoms with Gasteiger partial charge in [-0.2, -0.15) is 0 Å². The Morgan fingerprint density at radius 2 is 2.00 bits per heavy atom. The van der Waals surface area contributed by atoms with Crippen molar-refractivity contribution < 1.29 is 4.79 Å². The second-order valence-corrected chi connectivity index (χ2v) is 9.75. The smallest absolute Gasteiger partial charge is 0.260 e. The molecule has 2 N–H and O–H groups in total. The molecule has 0 saturated carbocycles. The Labute approximate surface area is 189 Å². The van der Waals surface area contributed by atoms with E-state index >= 15 is 0 Å². The number of thiazole rings is 1. The minimum atomic E-state index is -0.199. The van der Waals surface area contributed by atoms with Gasteiger partial charge in [0, 0.05) is 10.9 Å². The van der Waals surface area contributed by atoms with Crippen LogP contribution in [0.5, 0.6) is 0 Å². The molecule has 3 aromatic heterocycles. The number of aromatic amines is 1.